The Morgan fingerprint density at radius 2 is 1.60 bits per heavy atom. The van der Waals surface area contributed by atoms with E-state index in [1.807, 2.05) is 42.5 Å². The largest absolute Gasteiger partial charge is 0.337 e. The van der Waals surface area contributed by atoms with Gasteiger partial charge in [0.15, 0.2) is 6.29 Å². The summed E-state index contributed by atoms with van der Waals surface area (Å²) in [6, 6.07) is 15.8. The minimum atomic E-state index is -0.303. The zero-order valence-electron chi connectivity index (χ0n) is 10.8. The van der Waals surface area contributed by atoms with E-state index in [4.69, 9.17) is 21.1 Å². The average Bonchev–Trinajstić information content (AvgIpc) is 2.88. The molecular formula is C17H13ClO2. The molecule has 2 heterocycles. The van der Waals surface area contributed by atoms with Crippen LogP contribution >= 0.6 is 11.6 Å². The molecule has 2 nitrogen and oxygen atoms in total. The van der Waals surface area contributed by atoms with Crippen molar-refractivity contribution >= 4 is 17.2 Å². The SMILES string of the molecule is C=C1c2ccccc2[C@@H]2O[C@H]1[C@@H](c1ccc(Cl)cc1)O2. The van der Waals surface area contributed by atoms with Crippen LogP contribution in [-0.4, -0.2) is 6.10 Å². The molecule has 100 valence electrons. The summed E-state index contributed by atoms with van der Waals surface area (Å²) in [5.74, 6) is 0. The molecule has 3 heteroatoms. The molecule has 0 radical (unpaired) electrons. The van der Waals surface area contributed by atoms with Crippen LogP contribution < -0.4 is 0 Å². The van der Waals surface area contributed by atoms with Crippen molar-refractivity contribution in [3.8, 4) is 0 Å². The van der Waals surface area contributed by atoms with Gasteiger partial charge >= 0.3 is 0 Å². The number of fused-ring (bicyclic) bond motifs is 4. The maximum atomic E-state index is 6.08. The zero-order chi connectivity index (χ0) is 13.7. The van der Waals surface area contributed by atoms with E-state index in [-0.39, 0.29) is 18.5 Å². The van der Waals surface area contributed by atoms with Crippen molar-refractivity contribution in [1.82, 2.24) is 0 Å². The van der Waals surface area contributed by atoms with E-state index < -0.39 is 0 Å². The fraction of sp³-hybridized carbons (Fsp3) is 0.176. The summed E-state index contributed by atoms with van der Waals surface area (Å²) in [4.78, 5) is 0. The fourth-order valence-corrected chi connectivity index (χ4v) is 3.03. The van der Waals surface area contributed by atoms with Crippen LogP contribution in [-0.2, 0) is 9.47 Å². The van der Waals surface area contributed by atoms with Gasteiger partial charge in [0.05, 0.1) is 0 Å². The molecule has 20 heavy (non-hydrogen) atoms. The Bertz CT molecular complexity index is 678. The van der Waals surface area contributed by atoms with Gasteiger partial charge in [-0.2, -0.15) is 0 Å². The van der Waals surface area contributed by atoms with Crippen molar-refractivity contribution in [2.75, 3.05) is 0 Å². The van der Waals surface area contributed by atoms with Gasteiger partial charge in [-0.3, -0.25) is 0 Å². The fourth-order valence-electron chi connectivity index (χ4n) is 2.91. The van der Waals surface area contributed by atoms with E-state index in [2.05, 4.69) is 12.6 Å². The second kappa shape index (κ2) is 4.45. The van der Waals surface area contributed by atoms with E-state index in [9.17, 15) is 0 Å². The van der Waals surface area contributed by atoms with E-state index in [1.54, 1.807) is 0 Å². The molecule has 0 aromatic heterocycles. The van der Waals surface area contributed by atoms with Crippen molar-refractivity contribution in [3.05, 3.63) is 76.8 Å². The Hall–Kier alpha value is -1.61. The summed E-state index contributed by atoms with van der Waals surface area (Å²) in [6.07, 6.45) is -0.560. The molecule has 0 saturated carbocycles. The van der Waals surface area contributed by atoms with Gasteiger partial charge < -0.3 is 9.47 Å². The topological polar surface area (TPSA) is 18.5 Å². The van der Waals surface area contributed by atoms with Gasteiger partial charge in [0, 0.05) is 10.6 Å². The van der Waals surface area contributed by atoms with E-state index in [0.29, 0.717) is 0 Å². The van der Waals surface area contributed by atoms with Crippen molar-refractivity contribution in [2.45, 2.75) is 18.5 Å². The van der Waals surface area contributed by atoms with E-state index in [0.717, 1.165) is 27.3 Å². The van der Waals surface area contributed by atoms with Crippen molar-refractivity contribution in [1.29, 1.82) is 0 Å². The van der Waals surface area contributed by atoms with Gasteiger partial charge in [0.2, 0.25) is 0 Å². The van der Waals surface area contributed by atoms with Crippen LogP contribution in [0.3, 0.4) is 0 Å². The number of benzene rings is 2. The average molecular weight is 285 g/mol. The molecule has 3 atom stereocenters. The number of ether oxygens (including phenoxy) is 2. The van der Waals surface area contributed by atoms with Crippen LogP contribution in [0.25, 0.3) is 5.57 Å². The highest BCUT2D eigenvalue weighted by Gasteiger charge is 2.44. The molecule has 2 bridgehead atoms. The third-order valence-corrected chi connectivity index (χ3v) is 4.17. The minimum Gasteiger partial charge on any atom is -0.337 e. The maximum absolute atomic E-state index is 6.08. The van der Waals surface area contributed by atoms with Crippen LogP contribution in [0.15, 0.2) is 55.1 Å². The van der Waals surface area contributed by atoms with Gasteiger partial charge in [-0.05, 0) is 28.8 Å². The highest BCUT2D eigenvalue weighted by molar-refractivity contribution is 6.30. The summed E-state index contributed by atoms with van der Waals surface area (Å²) in [5, 5.41) is 0.720. The normalized spacial score (nSPS) is 27.4. The summed E-state index contributed by atoms with van der Waals surface area (Å²) < 4.78 is 12.1. The lowest BCUT2D eigenvalue weighted by Gasteiger charge is -2.24. The predicted octanol–water partition coefficient (Wildman–Crippen LogP) is 4.52. The molecule has 2 aromatic rings. The van der Waals surface area contributed by atoms with Crippen LogP contribution in [0, 0.1) is 0 Å². The molecule has 0 N–H and O–H groups in total. The second-order valence-corrected chi connectivity index (χ2v) is 5.55. The highest BCUT2D eigenvalue weighted by atomic mass is 35.5. The molecule has 1 fully saturated rings. The first-order chi connectivity index (χ1) is 9.74. The lowest BCUT2D eigenvalue weighted by molar-refractivity contribution is -0.0676. The Morgan fingerprint density at radius 1 is 0.900 bits per heavy atom. The molecule has 1 saturated heterocycles. The van der Waals surface area contributed by atoms with Gasteiger partial charge in [-0.25, -0.2) is 0 Å². The highest BCUT2D eigenvalue weighted by Crippen LogP contribution is 2.50. The number of halogens is 1. The first-order valence-corrected chi connectivity index (χ1v) is 6.96. The Morgan fingerprint density at radius 3 is 2.40 bits per heavy atom. The lowest BCUT2D eigenvalue weighted by Crippen LogP contribution is -2.20. The molecule has 2 aromatic carbocycles. The van der Waals surface area contributed by atoms with Gasteiger partial charge in [0.1, 0.15) is 12.2 Å². The second-order valence-electron chi connectivity index (χ2n) is 5.11. The molecule has 0 unspecified atom stereocenters. The maximum Gasteiger partial charge on any atom is 0.186 e. The lowest BCUT2D eigenvalue weighted by atomic mass is 9.91. The summed E-state index contributed by atoms with van der Waals surface area (Å²) in [5.41, 5.74) is 4.25. The first-order valence-electron chi connectivity index (χ1n) is 6.58. The third-order valence-electron chi connectivity index (χ3n) is 3.92. The molecule has 4 rings (SSSR count). The summed E-state index contributed by atoms with van der Waals surface area (Å²) in [6.45, 7) is 4.20. The quantitative estimate of drug-likeness (QED) is 0.766. The van der Waals surface area contributed by atoms with Gasteiger partial charge in [0.25, 0.3) is 0 Å². The van der Waals surface area contributed by atoms with Gasteiger partial charge in [-0.15, -0.1) is 0 Å². The van der Waals surface area contributed by atoms with E-state index >= 15 is 0 Å². The third kappa shape index (κ3) is 1.73. The van der Waals surface area contributed by atoms with Crippen molar-refractivity contribution in [2.24, 2.45) is 0 Å². The van der Waals surface area contributed by atoms with E-state index in [1.165, 1.54) is 0 Å². The number of rotatable bonds is 1. The summed E-state index contributed by atoms with van der Waals surface area (Å²) in [7, 11) is 0. The molecule has 2 aliphatic rings. The molecule has 2 aliphatic heterocycles. The molecular weight excluding hydrogens is 272 g/mol. The minimum absolute atomic E-state index is 0.128. The molecule has 0 amide bonds. The van der Waals surface area contributed by atoms with Crippen LogP contribution in [0.1, 0.15) is 29.1 Å². The van der Waals surface area contributed by atoms with Crippen LogP contribution in [0.2, 0.25) is 5.02 Å². The standard InChI is InChI=1S/C17H13ClO2/c1-10-13-4-2-3-5-14(13)17-19-15(10)16(20-17)11-6-8-12(18)9-7-11/h2-9,15-17H,1H2/t15-,16-,17-/m1/s1. The molecule has 0 spiro atoms. The Labute approximate surface area is 122 Å². The summed E-state index contributed by atoms with van der Waals surface area (Å²) >= 11 is 5.94. The molecule has 0 aliphatic carbocycles. The van der Waals surface area contributed by atoms with Crippen molar-refractivity contribution in [3.63, 3.8) is 0 Å². The smallest absolute Gasteiger partial charge is 0.186 e. The number of hydrogen-bond acceptors (Lipinski definition) is 2. The number of hydrogen-bond donors (Lipinski definition) is 0. The Balaban J connectivity index is 1.75. The predicted molar refractivity (Wildman–Crippen MR) is 78.4 cm³/mol. The Kier molecular flexibility index (Phi) is 2.71. The van der Waals surface area contributed by atoms with Crippen LogP contribution in [0.4, 0.5) is 0 Å². The first kappa shape index (κ1) is 12.2. The van der Waals surface area contributed by atoms with Gasteiger partial charge in [-0.1, -0.05) is 54.6 Å². The van der Waals surface area contributed by atoms with Crippen molar-refractivity contribution < 1.29 is 9.47 Å². The zero-order valence-corrected chi connectivity index (χ0v) is 11.5. The monoisotopic (exact) mass is 284 g/mol. The van der Waals surface area contributed by atoms with Crippen LogP contribution in [0.5, 0.6) is 0 Å².